The van der Waals surface area contributed by atoms with E-state index in [0.29, 0.717) is 15.4 Å². The van der Waals surface area contributed by atoms with Gasteiger partial charge in [0.05, 0.1) is 22.3 Å². The Bertz CT molecular complexity index is 633. The second-order valence-electron chi connectivity index (χ2n) is 3.35. The Labute approximate surface area is 103 Å². The van der Waals surface area contributed by atoms with Crippen molar-refractivity contribution in [3.63, 3.8) is 0 Å². The molecule has 2 aromatic rings. The lowest BCUT2D eigenvalue weighted by molar-refractivity contribution is 0.985. The Morgan fingerprint density at radius 3 is 2.75 bits per heavy atom. The number of benzene rings is 1. The van der Waals surface area contributed by atoms with Crippen LogP contribution in [0.4, 0.5) is 0 Å². The molecule has 1 aromatic carbocycles. The maximum absolute atomic E-state index is 8.75. The Hall–Kier alpha value is -1.57. The van der Waals surface area contributed by atoms with Crippen LogP contribution in [0.3, 0.4) is 0 Å². The van der Waals surface area contributed by atoms with Gasteiger partial charge in [-0.1, -0.05) is 11.6 Å². The highest BCUT2D eigenvalue weighted by atomic mass is 35.5. The molecule has 0 amide bonds. The van der Waals surface area contributed by atoms with Gasteiger partial charge in [0.15, 0.2) is 4.77 Å². The molecule has 0 radical (unpaired) electrons. The molecule has 0 saturated carbocycles. The van der Waals surface area contributed by atoms with Crippen LogP contribution in [-0.2, 0) is 0 Å². The van der Waals surface area contributed by atoms with Crippen molar-refractivity contribution in [3.05, 3.63) is 45.4 Å². The highest BCUT2D eigenvalue weighted by Crippen LogP contribution is 2.23. The van der Waals surface area contributed by atoms with Gasteiger partial charge < -0.3 is 4.98 Å². The number of rotatable bonds is 1. The van der Waals surface area contributed by atoms with Gasteiger partial charge in [0.1, 0.15) is 0 Å². The lowest BCUT2D eigenvalue weighted by Crippen LogP contribution is -1.97. The van der Waals surface area contributed by atoms with E-state index in [1.165, 1.54) is 0 Å². The molecule has 1 N–H and O–H groups in total. The fraction of sp³-hybridized carbons (Fsp3) is 0.0909. The smallest absolute Gasteiger partial charge is 0.182 e. The van der Waals surface area contributed by atoms with Gasteiger partial charge in [-0.2, -0.15) is 5.26 Å². The van der Waals surface area contributed by atoms with E-state index in [4.69, 9.17) is 29.1 Å². The zero-order valence-corrected chi connectivity index (χ0v) is 10.1. The monoisotopic (exact) mass is 249 g/mol. The molecule has 0 saturated heterocycles. The van der Waals surface area contributed by atoms with Crippen molar-refractivity contribution in [1.29, 1.82) is 5.26 Å². The number of nitrogens with one attached hydrogen (secondary N) is 1. The van der Waals surface area contributed by atoms with E-state index in [0.717, 1.165) is 11.4 Å². The molecule has 0 aliphatic carbocycles. The number of imidazole rings is 1. The minimum Gasteiger partial charge on any atom is -0.337 e. The largest absolute Gasteiger partial charge is 0.337 e. The Kier molecular flexibility index (Phi) is 2.82. The third-order valence-corrected chi connectivity index (χ3v) is 2.88. The van der Waals surface area contributed by atoms with Crippen LogP contribution < -0.4 is 0 Å². The van der Waals surface area contributed by atoms with Gasteiger partial charge >= 0.3 is 0 Å². The molecular weight excluding hydrogens is 242 g/mol. The lowest BCUT2D eigenvalue weighted by Gasteiger charge is -2.07. The third-order valence-electron chi connectivity index (χ3n) is 2.28. The normalized spacial score (nSPS) is 10.1. The number of aromatic nitrogens is 2. The van der Waals surface area contributed by atoms with E-state index in [1.54, 1.807) is 18.2 Å². The molecule has 0 aliphatic heterocycles. The fourth-order valence-corrected chi connectivity index (χ4v) is 2.08. The standard InChI is InChI=1S/C11H8ClN3S/c1-7-6-14-11(16)15(7)10-3-2-8(5-13)4-9(10)12/h2-4,6H,1H3,(H,14,16). The summed E-state index contributed by atoms with van der Waals surface area (Å²) >= 11 is 11.3. The summed E-state index contributed by atoms with van der Waals surface area (Å²) in [5, 5.41) is 9.26. The highest BCUT2D eigenvalue weighted by molar-refractivity contribution is 7.71. The van der Waals surface area contributed by atoms with Crippen molar-refractivity contribution in [2.45, 2.75) is 6.92 Å². The SMILES string of the molecule is Cc1c[nH]c(=S)n1-c1ccc(C#N)cc1Cl. The van der Waals surface area contributed by atoms with Crippen LogP contribution in [0.15, 0.2) is 24.4 Å². The Morgan fingerprint density at radius 1 is 1.50 bits per heavy atom. The predicted molar refractivity (Wildman–Crippen MR) is 65.4 cm³/mol. The summed E-state index contributed by atoms with van der Waals surface area (Å²) < 4.78 is 2.42. The van der Waals surface area contributed by atoms with Crippen molar-refractivity contribution in [1.82, 2.24) is 9.55 Å². The van der Waals surface area contributed by atoms with Crippen LogP contribution in [0.5, 0.6) is 0 Å². The quantitative estimate of drug-likeness (QED) is 0.788. The maximum Gasteiger partial charge on any atom is 0.182 e. The zero-order chi connectivity index (χ0) is 11.7. The Morgan fingerprint density at radius 2 is 2.25 bits per heavy atom. The topological polar surface area (TPSA) is 44.5 Å². The number of aromatic amines is 1. The number of aryl methyl sites for hydroxylation is 1. The van der Waals surface area contributed by atoms with Crippen LogP contribution in [0.2, 0.25) is 5.02 Å². The summed E-state index contributed by atoms with van der Waals surface area (Å²) in [5.74, 6) is 0. The second kappa shape index (κ2) is 4.12. The summed E-state index contributed by atoms with van der Waals surface area (Å²) in [6.07, 6.45) is 1.82. The van der Waals surface area contributed by atoms with E-state index in [-0.39, 0.29) is 0 Å². The first-order valence-corrected chi connectivity index (χ1v) is 5.39. The first-order chi connectivity index (χ1) is 7.63. The zero-order valence-electron chi connectivity index (χ0n) is 8.49. The molecular formula is C11H8ClN3S. The molecule has 16 heavy (non-hydrogen) atoms. The molecule has 0 unspecified atom stereocenters. The van der Waals surface area contributed by atoms with Crippen molar-refractivity contribution < 1.29 is 0 Å². The predicted octanol–water partition coefficient (Wildman–Crippen LogP) is 3.37. The number of nitriles is 1. The summed E-state index contributed by atoms with van der Waals surface area (Å²) in [7, 11) is 0. The molecule has 0 fully saturated rings. The van der Waals surface area contributed by atoms with Gasteiger partial charge in [0, 0.05) is 11.9 Å². The summed E-state index contributed by atoms with van der Waals surface area (Å²) in [6.45, 7) is 1.93. The Balaban J connectivity index is 2.67. The first kappa shape index (κ1) is 10.9. The van der Waals surface area contributed by atoms with Crippen molar-refractivity contribution in [3.8, 4) is 11.8 Å². The third kappa shape index (κ3) is 1.75. The minimum absolute atomic E-state index is 0.512. The molecule has 1 heterocycles. The van der Waals surface area contributed by atoms with Crippen LogP contribution in [0, 0.1) is 23.0 Å². The fourth-order valence-electron chi connectivity index (χ4n) is 1.51. The van der Waals surface area contributed by atoms with E-state index < -0.39 is 0 Å². The molecule has 5 heteroatoms. The second-order valence-corrected chi connectivity index (χ2v) is 4.14. The molecule has 0 atom stereocenters. The molecule has 1 aromatic heterocycles. The molecule has 0 bridgehead atoms. The van der Waals surface area contributed by atoms with Crippen molar-refractivity contribution in [2.24, 2.45) is 0 Å². The average molecular weight is 250 g/mol. The van der Waals surface area contributed by atoms with Gasteiger partial charge in [-0.05, 0) is 37.3 Å². The van der Waals surface area contributed by atoms with Gasteiger partial charge in [-0.25, -0.2) is 0 Å². The van der Waals surface area contributed by atoms with Crippen LogP contribution >= 0.6 is 23.8 Å². The minimum atomic E-state index is 0.512. The van der Waals surface area contributed by atoms with E-state index in [9.17, 15) is 0 Å². The van der Waals surface area contributed by atoms with Crippen LogP contribution in [0.1, 0.15) is 11.3 Å². The number of halogens is 1. The number of hydrogen-bond acceptors (Lipinski definition) is 2. The molecule has 0 spiro atoms. The van der Waals surface area contributed by atoms with E-state index in [1.807, 2.05) is 23.8 Å². The van der Waals surface area contributed by atoms with Crippen LogP contribution in [0.25, 0.3) is 5.69 Å². The first-order valence-electron chi connectivity index (χ1n) is 4.60. The van der Waals surface area contributed by atoms with Gasteiger partial charge in [-0.15, -0.1) is 0 Å². The number of nitrogens with zero attached hydrogens (tertiary/aromatic N) is 2. The average Bonchev–Trinajstić information content (AvgIpc) is 2.59. The summed E-state index contributed by atoms with van der Waals surface area (Å²) in [6, 6.07) is 7.18. The van der Waals surface area contributed by atoms with E-state index >= 15 is 0 Å². The number of H-pyrrole nitrogens is 1. The number of hydrogen-bond donors (Lipinski definition) is 1. The summed E-state index contributed by atoms with van der Waals surface area (Å²) in [5.41, 5.74) is 2.29. The van der Waals surface area contributed by atoms with E-state index in [2.05, 4.69) is 4.98 Å². The highest BCUT2D eigenvalue weighted by Gasteiger charge is 2.07. The van der Waals surface area contributed by atoms with Gasteiger partial charge in [-0.3, -0.25) is 4.57 Å². The molecule has 0 aliphatic rings. The van der Waals surface area contributed by atoms with Crippen molar-refractivity contribution >= 4 is 23.8 Å². The molecule has 3 nitrogen and oxygen atoms in total. The van der Waals surface area contributed by atoms with Crippen molar-refractivity contribution in [2.75, 3.05) is 0 Å². The molecule has 2 rings (SSSR count). The van der Waals surface area contributed by atoms with Gasteiger partial charge in [0.2, 0.25) is 0 Å². The lowest BCUT2D eigenvalue weighted by atomic mass is 10.2. The maximum atomic E-state index is 8.75. The molecule has 80 valence electrons. The van der Waals surface area contributed by atoms with Gasteiger partial charge in [0.25, 0.3) is 0 Å². The van der Waals surface area contributed by atoms with Crippen LogP contribution in [-0.4, -0.2) is 9.55 Å². The summed E-state index contributed by atoms with van der Waals surface area (Å²) in [4.78, 5) is 2.95.